The Kier molecular flexibility index (Phi) is 3.54. The summed E-state index contributed by atoms with van der Waals surface area (Å²) in [6, 6.07) is 8.15. The van der Waals surface area contributed by atoms with E-state index in [0.29, 0.717) is 5.88 Å². The van der Waals surface area contributed by atoms with Crippen molar-refractivity contribution in [2.24, 2.45) is 0 Å². The van der Waals surface area contributed by atoms with Gasteiger partial charge in [-0.2, -0.15) is 4.98 Å². The van der Waals surface area contributed by atoms with Crippen molar-refractivity contribution < 1.29 is 4.74 Å². The molecule has 1 aromatic carbocycles. The second kappa shape index (κ2) is 5.49. The number of nitrogens with zero attached hydrogens (tertiary/aromatic N) is 2. The molecular weight excluding hydrogens is 250 g/mol. The molecule has 1 aliphatic rings. The molecule has 0 radical (unpaired) electrons. The summed E-state index contributed by atoms with van der Waals surface area (Å²) in [5.74, 6) is 3.02. The molecule has 2 aromatic rings. The van der Waals surface area contributed by atoms with Gasteiger partial charge in [0.2, 0.25) is 5.88 Å². The Labute approximate surface area is 119 Å². The fraction of sp³-hybridized carbons (Fsp3) is 0.375. The molecule has 0 saturated carbocycles. The van der Waals surface area contributed by atoms with E-state index in [1.807, 2.05) is 26.1 Å². The van der Waals surface area contributed by atoms with Crippen LogP contribution in [0.2, 0.25) is 0 Å². The molecule has 4 nitrogen and oxygen atoms in total. The molecule has 0 fully saturated rings. The second-order valence-corrected chi connectivity index (χ2v) is 5.00. The smallest absolute Gasteiger partial charge is 0.224 e. The lowest BCUT2D eigenvalue weighted by Crippen LogP contribution is -2.01. The number of anilines is 1. The van der Waals surface area contributed by atoms with Crippen molar-refractivity contribution in [3.8, 4) is 11.6 Å². The highest BCUT2D eigenvalue weighted by molar-refractivity contribution is 5.42. The van der Waals surface area contributed by atoms with Gasteiger partial charge in [0.25, 0.3) is 0 Å². The van der Waals surface area contributed by atoms with Crippen molar-refractivity contribution in [2.45, 2.75) is 32.6 Å². The van der Waals surface area contributed by atoms with Gasteiger partial charge in [0.05, 0.1) is 0 Å². The summed E-state index contributed by atoms with van der Waals surface area (Å²) in [5, 5.41) is 3.04. The Morgan fingerprint density at radius 1 is 1.15 bits per heavy atom. The summed E-state index contributed by atoms with van der Waals surface area (Å²) in [4.78, 5) is 8.78. The number of rotatable bonds is 4. The summed E-state index contributed by atoms with van der Waals surface area (Å²) < 4.78 is 5.90. The predicted octanol–water partition coefficient (Wildman–Crippen LogP) is 3.36. The summed E-state index contributed by atoms with van der Waals surface area (Å²) in [6.45, 7) is 2.04. The molecule has 20 heavy (non-hydrogen) atoms. The Bertz CT molecular complexity index is 603. The first-order chi connectivity index (χ1) is 9.78. The lowest BCUT2D eigenvalue weighted by molar-refractivity contribution is 0.458. The number of fused-ring (bicyclic) bond motifs is 1. The maximum Gasteiger partial charge on any atom is 0.224 e. The van der Waals surface area contributed by atoms with Gasteiger partial charge in [0.1, 0.15) is 17.4 Å². The highest BCUT2D eigenvalue weighted by atomic mass is 16.5. The Morgan fingerprint density at radius 3 is 2.80 bits per heavy atom. The lowest BCUT2D eigenvalue weighted by atomic mass is 10.1. The number of aryl methyl sites for hydroxylation is 3. The van der Waals surface area contributed by atoms with Gasteiger partial charge in [-0.3, -0.25) is 0 Å². The molecule has 0 unspecified atom stereocenters. The third-order valence-electron chi connectivity index (χ3n) is 3.61. The molecule has 3 rings (SSSR count). The molecule has 1 aromatic heterocycles. The Hall–Kier alpha value is -2.10. The molecule has 1 heterocycles. The molecule has 0 amide bonds. The number of ether oxygens (including phenoxy) is 1. The van der Waals surface area contributed by atoms with Crippen LogP contribution in [0.4, 0.5) is 5.82 Å². The summed E-state index contributed by atoms with van der Waals surface area (Å²) in [6.07, 6.45) is 4.37. The fourth-order valence-electron chi connectivity index (χ4n) is 2.54. The van der Waals surface area contributed by atoms with Gasteiger partial charge >= 0.3 is 0 Å². The van der Waals surface area contributed by atoms with Crippen LogP contribution in [0.3, 0.4) is 0 Å². The Morgan fingerprint density at radius 2 is 2.00 bits per heavy atom. The third-order valence-corrected chi connectivity index (χ3v) is 3.61. The monoisotopic (exact) mass is 269 g/mol. The zero-order valence-corrected chi connectivity index (χ0v) is 11.9. The molecule has 1 N–H and O–H groups in total. The van der Waals surface area contributed by atoms with Crippen LogP contribution in [0.1, 0.15) is 30.3 Å². The van der Waals surface area contributed by atoms with E-state index in [1.54, 1.807) is 0 Å². The number of nitrogens with one attached hydrogen (secondary N) is 1. The minimum Gasteiger partial charge on any atom is -0.439 e. The van der Waals surface area contributed by atoms with E-state index >= 15 is 0 Å². The molecule has 1 aliphatic carbocycles. The molecule has 4 heteroatoms. The first kappa shape index (κ1) is 12.9. The zero-order valence-electron chi connectivity index (χ0n) is 11.9. The Balaban J connectivity index is 1.87. The number of hydrogen-bond acceptors (Lipinski definition) is 4. The summed E-state index contributed by atoms with van der Waals surface area (Å²) in [5.41, 5.74) is 2.85. The molecule has 0 aliphatic heterocycles. The second-order valence-electron chi connectivity index (χ2n) is 5.00. The van der Waals surface area contributed by atoms with E-state index in [9.17, 15) is 0 Å². The van der Waals surface area contributed by atoms with Crippen molar-refractivity contribution in [1.82, 2.24) is 9.97 Å². The minimum absolute atomic E-state index is 0.596. The van der Waals surface area contributed by atoms with Crippen molar-refractivity contribution in [1.29, 1.82) is 0 Å². The van der Waals surface area contributed by atoms with E-state index in [-0.39, 0.29) is 0 Å². The third kappa shape index (κ3) is 2.59. The lowest BCUT2D eigenvalue weighted by Gasteiger charge is -2.09. The zero-order chi connectivity index (χ0) is 13.9. The quantitative estimate of drug-likeness (QED) is 0.924. The first-order valence-electron chi connectivity index (χ1n) is 7.14. The van der Waals surface area contributed by atoms with Gasteiger partial charge < -0.3 is 10.1 Å². The van der Waals surface area contributed by atoms with Crippen LogP contribution in [-0.4, -0.2) is 17.0 Å². The van der Waals surface area contributed by atoms with Crippen LogP contribution < -0.4 is 10.1 Å². The molecule has 0 saturated heterocycles. The minimum atomic E-state index is 0.596. The van der Waals surface area contributed by atoms with Gasteiger partial charge in [-0.15, -0.1) is 0 Å². The summed E-state index contributed by atoms with van der Waals surface area (Å²) >= 11 is 0. The van der Waals surface area contributed by atoms with Gasteiger partial charge in [0, 0.05) is 19.5 Å². The normalized spacial score (nSPS) is 13.1. The van der Waals surface area contributed by atoms with Crippen molar-refractivity contribution in [3.05, 3.63) is 41.2 Å². The predicted molar refractivity (Wildman–Crippen MR) is 79.5 cm³/mol. The van der Waals surface area contributed by atoms with E-state index < -0.39 is 0 Å². The molecule has 0 spiro atoms. The van der Waals surface area contributed by atoms with Gasteiger partial charge in [-0.1, -0.05) is 13.0 Å². The molecule has 104 valence electrons. The highest BCUT2D eigenvalue weighted by Crippen LogP contribution is 2.28. The number of aromatic nitrogens is 2. The van der Waals surface area contributed by atoms with Gasteiger partial charge in [-0.25, -0.2) is 4.98 Å². The van der Waals surface area contributed by atoms with E-state index in [0.717, 1.165) is 30.2 Å². The van der Waals surface area contributed by atoms with Crippen LogP contribution in [0, 0.1) is 0 Å². The standard InChI is InChI=1S/C16H19N3O/c1-3-14-18-15(17-2)10-16(19-14)20-13-8-7-11-5-4-6-12(11)9-13/h7-10H,3-6H2,1-2H3,(H,17,18,19). The average Bonchev–Trinajstić information content (AvgIpc) is 2.94. The fourth-order valence-corrected chi connectivity index (χ4v) is 2.54. The molecule has 0 atom stereocenters. The maximum atomic E-state index is 5.90. The van der Waals surface area contributed by atoms with Crippen LogP contribution in [0.5, 0.6) is 11.6 Å². The van der Waals surface area contributed by atoms with Crippen molar-refractivity contribution >= 4 is 5.82 Å². The SMILES string of the molecule is CCc1nc(NC)cc(Oc2ccc3c(c2)CCC3)n1. The molecular formula is C16H19N3O. The molecule has 0 bridgehead atoms. The van der Waals surface area contributed by atoms with E-state index in [4.69, 9.17) is 4.74 Å². The number of benzene rings is 1. The van der Waals surface area contributed by atoms with Gasteiger partial charge in [0.15, 0.2) is 0 Å². The highest BCUT2D eigenvalue weighted by Gasteiger charge is 2.12. The van der Waals surface area contributed by atoms with Gasteiger partial charge in [-0.05, 0) is 42.5 Å². The first-order valence-corrected chi connectivity index (χ1v) is 7.14. The van der Waals surface area contributed by atoms with E-state index in [1.165, 1.54) is 24.0 Å². The van der Waals surface area contributed by atoms with Crippen LogP contribution >= 0.6 is 0 Å². The van der Waals surface area contributed by atoms with Crippen molar-refractivity contribution in [2.75, 3.05) is 12.4 Å². The van der Waals surface area contributed by atoms with Crippen LogP contribution in [0.25, 0.3) is 0 Å². The maximum absolute atomic E-state index is 5.90. The van der Waals surface area contributed by atoms with Crippen molar-refractivity contribution in [3.63, 3.8) is 0 Å². The van der Waals surface area contributed by atoms with Crippen LogP contribution in [-0.2, 0) is 19.3 Å². The topological polar surface area (TPSA) is 47.0 Å². The number of hydrogen-bond donors (Lipinski definition) is 1. The average molecular weight is 269 g/mol. The van der Waals surface area contributed by atoms with Crippen LogP contribution in [0.15, 0.2) is 24.3 Å². The van der Waals surface area contributed by atoms with E-state index in [2.05, 4.69) is 27.4 Å². The summed E-state index contributed by atoms with van der Waals surface area (Å²) in [7, 11) is 1.85. The largest absolute Gasteiger partial charge is 0.439 e.